The molecule has 3 rings (SSSR count). The quantitative estimate of drug-likeness (QED) is 0.553. The predicted octanol–water partition coefficient (Wildman–Crippen LogP) is 2.75. The highest BCUT2D eigenvalue weighted by atomic mass is 32.1. The Bertz CT molecular complexity index is 776. The van der Waals surface area contributed by atoms with Crippen molar-refractivity contribution in [2.24, 2.45) is 5.73 Å². The summed E-state index contributed by atoms with van der Waals surface area (Å²) in [6.45, 7) is 2.04. The second kappa shape index (κ2) is 4.44. The summed E-state index contributed by atoms with van der Waals surface area (Å²) in [7, 11) is 0. The lowest BCUT2D eigenvalue weighted by Crippen LogP contribution is -2.10. The van der Waals surface area contributed by atoms with Gasteiger partial charge in [0.05, 0.1) is 10.2 Å². The first kappa shape index (κ1) is 11.8. The van der Waals surface area contributed by atoms with E-state index in [1.807, 2.05) is 31.2 Å². The van der Waals surface area contributed by atoms with Gasteiger partial charge in [0.1, 0.15) is 18.4 Å². The van der Waals surface area contributed by atoms with Crippen molar-refractivity contribution in [3.05, 3.63) is 47.9 Å². The molecule has 4 nitrogen and oxygen atoms in total. The van der Waals surface area contributed by atoms with Gasteiger partial charge < -0.3 is 5.73 Å². The molecule has 0 amide bonds. The van der Waals surface area contributed by atoms with E-state index in [2.05, 4.69) is 16.2 Å². The number of fused-ring (bicyclic) bond motifs is 1. The fourth-order valence-corrected chi connectivity index (χ4v) is 3.11. The molecular weight excluding hydrogens is 256 g/mol. The second-order valence-corrected chi connectivity index (χ2v) is 5.23. The van der Waals surface area contributed by atoms with E-state index < -0.39 is 0 Å². The van der Waals surface area contributed by atoms with Crippen molar-refractivity contribution in [2.75, 3.05) is 0 Å². The topological polar surface area (TPSA) is 75.7 Å². The number of nitrogen functional groups attached to an aromatic ring is 1. The van der Waals surface area contributed by atoms with Crippen LogP contribution in [0.5, 0.6) is 0 Å². The van der Waals surface area contributed by atoms with Gasteiger partial charge in [-0.15, -0.1) is 11.3 Å². The molecule has 0 fully saturated rings. The molecule has 0 saturated heterocycles. The Morgan fingerprint density at radius 3 is 3.00 bits per heavy atom. The smallest absolute Gasteiger partial charge is 0.122 e. The minimum atomic E-state index is 0.0759. The van der Waals surface area contributed by atoms with E-state index in [1.54, 1.807) is 11.3 Å². The average Bonchev–Trinajstić information content (AvgIpc) is 2.77. The first-order valence-corrected chi connectivity index (χ1v) is 6.55. The summed E-state index contributed by atoms with van der Waals surface area (Å²) in [5.74, 6) is 0.0759. The van der Waals surface area contributed by atoms with Crippen molar-refractivity contribution in [3.63, 3.8) is 0 Å². The number of nitrogens with zero attached hydrogens (tertiary/aromatic N) is 2. The van der Waals surface area contributed by atoms with E-state index in [-0.39, 0.29) is 5.84 Å². The molecule has 2 aromatic heterocycles. The molecule has 0 aliphatic rings. The molecule has 0 atom stereocenters. The van der Waals surface area contributed by atoms with E-state index in [4.69, 9.17) is 11.1 Å². The molecule has 0 aliphatic carbocycles. The number of thiophene rings is 1. The highest BCUT2D eigenvalue weighted by Gasteiger charge is 2.12. The zero-order valence-corrected chi connectivity index (χ0v) is 11.1. The minimum Gasteiger partial charge on any atom is -0.384 e. The molecule has 1 aromatic carbocycles. The Morgan fingerprint density at radius 2 is 2.26 bits per heavy atom. The van der Waals surface area contributed by atoms with Gasteiger partial charge in [0.25, 0.3) is 0 Å². The van der Waals surface area contributed by atoms with Crippen LogP contribution in [0.3, 0.4) is 0 Å². The first-order chi connectivity index (χ1) is 9.16. The lowest BCUT2D eigenvalue weighted by molar-refractivity contribution is 1.21. The maximum atomic E-state index is 7.51. The van der Waals surface area contributed by atoms with Gasteiger partial charge in [-0.3, -0.25) is 5.41 Å². The molecular formula is C14H11N4S. The third-order valence-electron chi connectivity index (χ3n) is 2.96. The normalized spacial score (nSPS) is 10.8. The third-order valence-corrected chi connectivity index (χ3v) is 4.20. The molecule has 1 radical (unpaired) electrons. The predicted molar refractivity (Wildman–Crippen MR) is 77.4 cm³/mol. The maximum absolute atomic E-state index is 7.51. The van der Waals surface area contributed by atoms with Gasteiger partial charge in [-0.2, -0.15) is 0 Å². The Labute approximate surface area is 114 Å². The van der Waals surface area contributed by atoms with Crippen LogP contribution < -0.4 is 5.73 Å². The summed E-state index contributed by atoms with van der Waals surface area (Å²) >= 11 is 1.61. The number of aryl methyl sites for hydroxylation is 1. The average molecular weight is 267 g/mol. The summed E-state index contributed by atoms with van der Waals surface area (Å²) < 4.78 is 0.947. The molecule has 5 heteroatoms. The summed E-state index contributed by atoms with van der Waals surface area (Å²) in [5.41, 5.74) is 9.35. The fraction of sp³-hybridized carbons (Fsp3) is 0.0714. The molecule has 0 spiro atoms. The van der Waals surface area contributed by atoms with E-state index in [9.17, 15) is 0 Å². The number of amidine groups is 1. The number of hydrogen-bond donors (Lipinski definition) is 2. The van der Waals surface area contributed by atoms with Crippen LogP contribution in [0.4, 0.5) is 0 Å². The van der Waals surface area contributed by atoms with Crippen LogP contribution in [0.15, 0.2) is 30.6 Å². The van der Waals surface area contributed by atoms with Gasteiger partial charge in [0, 0.05) is 10.4 Å². The number of benzene rings is 1. The van der Waals surface area contributed by atoms with Crippen molar-refractivity contribution in [2.45, 2.75) is 6.92 Å². The Balaban J connectivity index is 2.21. The van der Waals surface area contributed by atoms with E-state index >= 15 is 0 Å². The molecule has 3 aromatic rings. The van der Waals surface area contributed by atoms with Crippen LogP contribution in [0.25, 0.3) is 20.7 Å². The Hall–Kier alpha value is -2.27. The van der Waals surface area contributed by atoms with Crippen molar-refractivity contribution < 1.29 is 0 Å². The van der Waals surface area contributed by atoms with Gasteiger partial charge in [-0.1, -0.05) is 18.2 Å². The van der Waals surface area contributed by atoms with Crippen LogP contribution in [0.1, 0.15) is 11.1 Å². The van der Waals surface area contributed by atoms with Crippen molar-refractivity contribution in [3.8, 4) is 10.4 Å². The monoisotopic (exact) mass is 267 g/mol. The van der Waals surface area contributed by atoms with Gasteiger partial charge >= 0.3 is 0 Å². The van der Waals surface area contributed by atoms with Crippen LogP contribution >= 0.6 is 11.3 Å². The van der Waals surface area contributed by atoms with Crippen LogP contribution in [-0.2, 0) is 0 Å². The minimum absolute atomic E-state index is 0.0759. The molecule has 0 unspecified atom stereocenters. The zero-order chi connectivity index (χ0) is 13.4. The van der Waals surface area contributed by atoms with E-state index in [0.717, 1.165) is 31.8 Å². The van der Waals surface area contributed by atoms with Crippen molar-refractivity contribution in [1.82, 2.24) is 9.97 Å². The summed E-state index contributed by atoms with van der Waals surface area (Å²) in [4.78, 5) is 9.33. The second-order valence-electron chi connectivity index (χ2n) is 4.21. The van der Waals surface area contributed by atoms with Crippen LogP contribution in [-0.4, -0.2) is 15.8 Å². The standard InChI is InChI=1S/C14H11N4S/c1-8-12-11(6-17-7-18-12)19-13(8)9-3-2-4-10(5-9)14(15)16/h2-5,7H,1H3,(H3,15,16). The van der Waals surface area contributed by atoms with Gasteiger partial charge in [-0.25, -0.2) is 9.97 Å². The largest absolute Gasteiger partial charge is 0.384 e. The maximum Gasteiger partial charge on any atom is 0.122 e. The van der Waals surface area contributed by atoms with Crippen LogP contribution in [0, 0.1) is 18.5 Å². The number of nitrogens with one attached hydrogen (secondary N) is 1. The van der Waals surface area contributed by atoms with E-state index in [1.165, 1.54) is 6.33 Å². The van der Waals surface area contributed by atoms with Crippen molar-refractivity contribution in [1.29, 1.82) is 5.41 Å². The third kappa shape index (κ3) is 1.98. The molecule has 0 bridgehead atoms. The number of hydrogen-bond acceptors (Lipinski definition) is 4. The molecule has 93 valence electrons. The molecule has 19 heavy (non-hydrogen) atoms. The zero-order valence-electron chi connectivity index (χ0n) is 10.3. The number of rotatable bonds is 2. The Kier molecular flexibility index (Phi) is 2.76. The highest BCUT2D eigenvalue weighted by Crippen LogP contribution is 2.36. The summed E-state index contributed by atoms with van der Waals surface area (Å²) in [5, 5.41) is 7.51. The van der Waals surface area contributed by atoms with Crippen LogP contribution in [0.2, 0.25) is 0 Å². The van der Waals surface area contributed by atoms with E-state index in [0.29, 0.717) is 0 Å². The highest BCUT2D eigenvalue weighted by molar-refractivity contribution is 7.22. The number of nitrogens with two attached hydrogens (primary N) is 1. The molecule has 0 saturated carbocycles. The Morgan fingerprint density at radius 1 is 1.42 bits per heavy atom. The van der Waals surface area contributed by atoms with Gasteiger partial charge in [-0.05, 0) is 24.1 Å². The fourth-order valence-electron chi connectivity index (χ4n) is 2.01. The summed E-state index contributed by atoms with van der Waals surface area (Å²) in [6.07, 6.45) is 4.47. The van der Waals surface area contributed by atoms with Gasteiger partial charge in [0.15, 0.2) is 0 Å². The SMILES string of the molecule is Cc1c(-c2cccc(C(=N)N)c2)sc2[c]ncnc12. The van der Waals surface area contributed by atoms with Gasteiger partial charge in [0.2, 0.25) is 0 Å². The lowest BCUT2D eigenvalue weighted by atomic mass is 10.1. The summed E-state index contributed by atoms with van der Waals surface area (Å²) in [6, 6.07) is 7.68. The molecule has 3 N–H and O–H groups in total. The molecule has 0 aliphatic heterocycles. The molecule has 2 heterocycles. The first-order valence-electron chi connectivity index (χ1n) is 5.73. The number of aromatic nitrogens is 2. The van der Waals surface area contributed by atoms with Crippen molar-refractivity contribution >= 4 is 27.4 Å². The lowest BCUT2D eigenvalue weighted by Gasteiger charge is -2.03.